The van der Waals surface area contributed by atoms with E-state index in [1.54, 1.807) is 0 Å². The molecule has 4 N–H and O–H groups in total. The van der Waals surface area contributed by atoms with E-state index in [-0.39, 0.29) is 22.6 Å². The van der Waals surface area contributed by atoms with Gasteiger partial charge in [-0.2, -0.15) is 26.3 Å². The van der Waals surface area contributed by atoms with Crippen LogP contribution in [-0.4, -0.2) is 12.4 Å². The minimum Gasteiger partial charge on any atom is -0.457 e. The Bertz CT molecular complexity index is 768. The SMILES string of the molecule is FC(F)(F)C1(c2ccc(Oc3ccc(C4(C(F)(F)F)NN4)cc3)cc2)NN1. The summed E-state index contributed by atoms with van der Waals surface area (Å²) in [5.74, 6) is 0.496. The Morgan fingerprint density at radius 2 is 0.852 bits per heavy atom. The third-order valence-electron chi connectivity index (χ3n) is 4.41. The molecule has 0 saturated carbocycles. The average molecular weight is 390 g/mol. The van der Waals surface area contributed by atoms with Crippen molar-refractivity contribution in [3.63, 3.8) is 0 Å². The number of nitrogens with one attached hydrogen (secondary N) is 4. The molecule has 11 heteroatoms. The fourth-order valence-corrected chi connectivity index (χ4v) is 2.71. The first-order valence-electron chi connectivity index (χ1n) is 7.68. The zero-order chi connectivity index (χ0) is 19.5. The molecule has 0 bridgehead atoms. The van der Waals surface area contributed by atoms with Crippen LogP contribution in [0.5, 0.6) is 11.5 Å². The van der Waals surface area contributed by atoms with E-state index >= 15 is 0 Å². The van der Waals surface area contributed by atoms with Gasteiger partial charge in [0.2, 0.25) is 11.3 Å². The summed E-state index contributed by atoms with van der Waals surface area (Å²) >= 11 is 0. The van der Waals surface area contributed by atoms with Crippen molar-refractivity contribution in [1.82, 2.24) is 21.7 Å². The number of rotatable bonds is 4. The molecule has 2 saturated heterocycles. The molecule has 0 atom stereocenters. The van der Waals surface area contributed by atoms with Gasteiger partial charge < -0.3 is 4.74 Å². The molecule has 2 aliphatic rings. The van der Waals surface area contributed by atoms with E-state index in [2.05, 4.69) is 21.7 Å². The normalized spacial score (nSPS) is 20.2. The number of ether oxygens (including phenoxy) is 1. The number of hydrogen-bond donors (Lipinski definition) is 4. The van der Waals surface area contributed by atoms with Crippen LogP contribution in [0.3, 0.4) is 0 Å². The summed E-state index contributed by atoms with van der Waals surface area (Å²) in [5.41, 5.74) is 3.78. The first kappa shape index (κ1) is 18.0. The molecule has 144 valence electrons. The molecule has 4 rings (SSSR count). The molecule has 0 aliphatic carbocycles. The van der Waals surface area contributed by atoms with Crippen molar-refractivity contribution in [2.75, 3.05) is 0 Å². The van der Waals surface area contributed by atoms with Crippen molar-refractivity contribution in [2.45, 2.75) is 23.7 Å². The van der Waals surface area contributed by atoms with E-state index in [1.807, 2.05) is 0 Å². The van der Waals surface area contributed by atoms with Crippen LogP contribution in [0.25, 0.3) is 0 Å². The highest BCUT2D eigenvalue weighted by Crippen LogP contribution is 2.43. The van der Waals surface area contributed by atoms with Gasteiger partial charge in [-0.15, -0.1) is 0 Å². The summed E-state index contributed by atoms with van der Waals surface area (Å²) in [4.78, 5) is 0. The average Bonchev–Trinajstić information content (AvgIpc) is 3.46. The maximum Gasteiger partial charge on any atom is 0.426 e. The van der Waals surface area contributed by atoms with Gasteiger partial charge >= 0.3 is 12.4 Å². The Hall–Kier alpha value is -2.34. The second kappa shape index (κ2) is 5.58. The van der Waals surface area contributed by atoms with E-state index in [0.717, 1.165) is 0 Å². The number of hydrazine groups is 2. The summed E-state index contributed by atoms with van der Waals surface area (Å²) in [7, 11) is 0. The van der Waals surface area contributed by atoms with Crippen LogP contribution in [-0.2, 0) is 11.3 Å². The van der Waals surface area contributed by atoms with E-state index in [9.17, 15) is 26.3 Å². The van der Waals surface area contributed by atoms with Gasteiger partial charge in [0.25, 0.3) is 0 Å². The third kappa shape index (κ3) is 2.92. The quantitative estimate of drug-likeness (QED) is 0.475. The molecule has 0 amide bonds. The number of alkyl halides is 6. The summed E-state index contributed by atoms with van der Waals surface area (Å²) in [6, 6.07) is 10.4. The Balaban J connectivity index is 1.48. The molecule has 2 aromatic carbocycles. The Kier molecular flexibility index (Phi) is 3.73. The van der Waals surface area contributed by atoms with Gasteiger partial charge in [-0.25, -0.2) is 21.7 Å². The smallest absolute Gasteiger partial charge is 0.426 e. The van der Waals surface area contributed by atoms with Gasteiger partial charge in [0.05, 0.1) is 0 Å². The predicted octanol–water partition coefficient (Wildman–Crippen LogP) is 3.12. The molecule has 0 radical (unpaired) electrons. The van der Waals surface area contributed by atoms with Gasteiger partial charge in [-0.1, -0.05) is 24.3 Å². The van der Waals surface area contributed by atoms with E-state index in [4.69, 9.17) is 4.74 Å². The molecule has 2 aromatic rings. The van der Waals surface area contributed by atoms with Crippen molar-refractivity contribution < 1.29 is 31.1 Å². The van der Waals surface area contributed by atoms with Crippen molar-refractivity contribution >= 4 is 0 Å². The first-order chi connectivity index (χ1) is 12.6. The van der Waals surface area contributed by atoms with E-state index in [0.29, 0.717) is 0 Å². The number of benzene rings is 2. The maximum absolute atomic E-state index is 13.0. The highest BCUT2D eigenvalue weighted by molar-refractivity contribution is 5.40. The topological polar surface area (TPSA) is 97.0 Å². The molecule has 2 fully saturated rings. The first-order valence-corrected chi connectivity index (χ1v) is 7.68. The zero-order valence-electron chi connectivity index (χ0n) is 13.3. The van der Waals surface area contributed by atoms with Gasteiger partial charge in [-0.3, -0.25) is 0 Å². The third-order valence-corrected chi connectivity index (χ3v) is 4.41. The molecular weight excluding hydrogens is 378 g/mol. The summed E-state index contributed by atoms with van der Waals surface area (Å²) < 4.78 is 83.5. The lowest BCUT2D eigenvalue weighted by atomic mass is 10.0. The van der Waals surface area contributed by atoms with Gasteiger partial charge in [0, 0.05) is 0 Å². The van der Waals surface area contributed by atoms with E-state index in [1.165, 1.54) is 48.5 Å². The van der Waals surface area contributed by atoms with E-state index < -0.39 is 23.7 Å². The minimum atomic E-state index is -4.51. The molecule has 2 heterocycles. The minimum absolute atomic E-state index is 0.0318. The van der Waals surface area contributed by atoms with Crippen LogP contribution in [0.2, 0.25) is 0 Å². The molecule has 2 aliphatic heterocycles. The lowest BCUT2D eigenvalue weighted by Crippen LogP contribution is -2.34. The van der Waals surface area contributed by atoms with Crippen molar-refractivity contribution in [3.8, 4) is 11.5 Å². The van der Waals surface area contributed by atoms with Crippen LogP contribution < -0.4 is 26.4 Å². The molecular formula is C16H12F6N4O. The predicted molar refractivity (Wildman–Crippen MR) is 81.0 cm³/mol. The lowest BCUT2D eigenvalue weighted by molar-refractivity contribution is -0.166. The van der Waals surface area contributed by atoms with Gasteiger partial charge in [-0.05, 0) is 35.4 Å². The Morgan fingerprint density at radius 3 is 1.07 bits per heavy atom. The van der Waals surface area contributed by atoms with Crippen LogP contribution in [0.4, 0.5) is 26.3 Å². The second-order valence-electron chi connectivity index (χ2n) is 6.15. The molecule has 0 aromatic heterocycles. The van der Waals surface area contributed by atoms with Crippen molar-refractivity contribution in [3.05, 3.63) is 59.7 Å². The van der Waals surface area contributed by atoms with Crippen LogP contribution in [0.15, 0.2) is 48.5 Å². The molecule has 0 spiro atoms. The molecule has 0 unspecified atom stereocenters. The van der Waals surface area contributed by atoms with Crippen LogP contribution in [0, 0.1) is 0 Å². The lowest BCUT2D eigenvalue weighted by Gasteiger charge is -2.17. The fraction of sp³-hybridized carbons (Fsp3) is 0.250. The van der Waals surface area contributed by atoms with Gasteiger partial charge in [0.15, 0.2) is 0 Å². The molecule has 27 heavy (non-hydrogen) atoms. The highest BCUT2D eigenvalue weighted by Gasteiger charge is 2.66. The van der Waals surface area contributed by atoms with Crippen LogP contribution >= 0.6 is 0 Å². The zero-order valence-corrected chi connectivity index (χ0v) is 13.3. The van der Waals surface area contributed by atoms with Crippen molar-refractivity contribution in [2.24, 2.45) is 0 Å². The monoisotopic (exact) mass is 390 g/mol. The molecule has 5 nitrogen and oxygen atoms in total. The fourth-order valence-electron chi connectivity index (χ4n) is 2.71. The van der Waals surface area contributed by atoms with Crippen LogP contribution in [0.1, 0.15) is 11.1 Å². The summed E-state index contributed by atoms with van der Waals surface area (Å²) in [6.45, 7) is 0. The maximum atomic E-state index is 13.0. The number of hydrogen-bond acceptors (Lipinski definition) is 5. The Labute approximate surface area is 148 Å². The standard InChI is InChI=1S/C16H12F6N4O/c17-15(18,19)13(23-24-13)9-1-5-11(6-2-9)27-12-7-3-10(4-8-12)14(25-26-14)16(20,21)22/h1-8,23-26H. The summed E-state index contributed by atoms with van der Waals surface area (Å²) in [5, 5.41) is 0. The number of halogens is 6. The highest BCUT2D eigenvalue weighted by atomic mass is 19.4. The second-order valence-corrected chi connectivity index (χ2v) is 6.15. The van der Waals surface area contributed by atoms with Crippen molar-refractivity contribution in [1.29, 1.82) is 0 Å². The summed E-state index contributed by atoms with van der Waals surface area (Å²) in [6.07, 6.45) is -9.02. The van der Waals surface area contributed by atoms with Gasteiger partial charge in [0.1, 0.15) is 11.5 Å². The largest absolute Gasteiger partial charge is 0.457 e. The Morgan fingerprint density at radius 1 is 0.556 bits per heavy atom.